The molecule has 0 aliphatic carbocycles. The molecule has 2 aromatic rings. The van der Waals surface area contributed by atoms with Crippen molar-refractivity contribution in [1.29, 1.82) is 0 Å². The van der Waals surface area contributed by atoms with Gasteiger partial charge >= 0.3 is 0 Å². The summed E-state index contributed by atoms with van der Waals surface area (Å²) in [5.74, 6) is 1.20. The molecule has 1 aromatic carbocycles. The van der Waals surface area contributed by atoms with Crippen LogP contribution in [0.15, 0.2) is 22.7 Å². The van der Waals surface area contributed by atoms with Crippen LogP contribution in [0.3, 0.4) is 0 Å². The lowest BCUT2D eigenvalue weighted by Gasteiger charge is -2.06. The van der Waals surface area contributed by atoms with Gasteiger partial charge in [0.25, 0.3) is 0 Å². The average Bonchev–Trinajstić information content (AvgIpc) is 2.67. The Kier molecular flexibility index (Phi) is 2.94. The molecule has 84 valence electrons. The minimum Gasteiger partial charge on any atom is -0.495 e. The predicted octanol–water partition coefficient (Wildman–Crippen LogP) is 3.24. The van der Waals surface area contributed by atoms with Crippen molar-refractivity contribution in [3.63, 3.8) is 0 Å². The summed E-state index contributed by atoms with van der Waals surface area (Å²) in [5.41, 5.74) is 6.06. The molecule has 1 aromatic heterocycles. The lowest BCUT2D eigenvalue weighted by molar-refractivity contribution is 0.414. The highest BCUT2D eigenvalue weighted by molar-refractivity contribution is 6.36. The highest BCUT2D eigenvalue weighted by atomic mass is 35.5. The van der Waals surface area contributed by atoms with Crippen molar-refractivity contribution >= 4 is 29.0 Å². The van der Waals surface area contributed by atoms with Crippen molar-refractivity contribution in [3.8, 4) is 17.1 Å². The maximum atomic E-state index is 6.11. The number of halogens is 2. The molecular formula is C10H8Cl2N2O2. The van der Waals surface area contributed by atoms with Crippen molar-refractivity contribution < 1.29 is 9.26 Å². The normalized spacial score (nSPS) is 10.4. The van der Waals surface area contributed by atoms with Crippen LogP contribution in [-0.4, -0.2) is 12.3 Å². The van der Waals surface area contributed by atoms with Gasteiger partial charge in [-0.3, -0.25) is 0 Å². The molecule has 2 N–H and O–H groups in total. The number of nitrogens with zero attached hydrogens (tertiary/aromatic N) is 1. The zero-order valence-corrected chi connectivity index (χ0v) is 9.84. The lowest BCUT2D eigenvalue weighted by Crippen LogP contribution is -1.87. The first kappa shape index (κ1) is 11.1. The topological polar surface area (TPSA) is 61.3 Å². The fourth-order valence-electron chi connectivity index (χ4n) is 1.31. The second kappa shape index (κ2) is 4.23. The van der Waals surface area contributed by atoms with Crippen LogP contribution in [0.4, 0.5) is 5.82 Å². The van der Waals surface area contributed by atoms with Crippen LogP contribution in [0.2, 0.25) is 10.0 Å². The van der Waals surface area contributed by atoms with Crippen LogP contribution in [0, 0.1) is 0 Å². The van der Waals surface area contributed by atoms with E-state index < -0.39 is 0 Å². The standard InChI is InChI=1S/C10H8Cl2N2O2/c1-15-8-3-5(11)2-6(10(8)12)7-4-9(13)14-16-7/h2-4H,1H3,(H2,13,14). The number of hydrogen-bond acceptors (Lipinski definition) is 4. The van der Waals surface area contributed by atoms with E-state index in [1.807, 2.05) is 0 Å². The Hall–Kier alpha value is -1.39. The van der Waals surface area contributed by atoms with Gasteiger partial charge in [-0.25, -0.2) is 0 Å². The van der Waals surface area contributed by atoms with Gasteiger partial charge < -0.3 is 15.0 Å². The molecule has 4 nitrogen and oxygen atoms in total. The van der Waals surface area contributed by atoms with Gasteiger partial charge in [0.05, 0.1) is 12.1 Å². The van der Waals surface area contributed by atoms with Crippen LogP contribution in [-0.2, 0) is 0 Å². The number of rotatable bonds is 2. The SMILES string of the molecule is COc1cc(Cl)cc(-c2cc(N)no2)c1Cl. The summed E-state index contributed by atoms with van der Waals surface area (Å²) in [6, 6.07) is 4.84. The fourth-order valence-corrected chi connectivity index (χ4v) is 1.80. The number of nitrogens with two attached hydrogens (primary N) is 1. The molecule has 0 atom stereocenters. The summed E-state index contributed by atoms with van der Waals surface area (Å²) in [6.07, 6.45) is 0. The highest BCUT2D eigenvalue weighted by Crippen LogP contribution is 2.38. The maximum absolute atomic E-state index is 6.11. The number of ether oxygens (including phenoxy) is 1. The predicted molar refractivity (Wildman–Crippen MR) is 62.9 cm³/mol. The van der Waals surface area contributed by atoms with E-state index in [9.17, 15) is 0 Å². The minimum absolute atomic E-state index is 0.282. The summed E-state index contributed by atoms with van der Waals surface area (Å²) in [6.45, 7) is 0. The molecule has 0 aliphatic heterocycles. The molecule has 6 heteroatoms. The Balaban J connectivity index is 2.60. The van der Waals surface area contributed by atoms with E-state index in [2.05, 4.69) is 5.16 Å². The Morgan fingerprint density at radius 1 is 1.31 bits per heavy atom. The van der Waals surface area contributed by atoms with Crippen molar-refractivity contribution in [2.24, 2.45) is 0 Å². The molecule has 0 saturated heterocycles. The maximum Gasteiger partial charge on any atom is 0.170 e. The van der Waals surface area contributed by atoms with Gasteiger partial charge in [-0.15, -0.1) is 0 Å². The number of benzene rings is 1. The van der Waals surface area contributed by atoms with Crippen LogP contribution in [0.25, 0.3) is 11.3 Å². The molecule has 1 heterocycles. The smallest absolute Gasteiger partial charge is 0.170 e. The van der Waals surface area contributed by atoms with Crippen LogP contribution in [0.5, 0.6) is 5.75 Å². The van der Waals surface area contributed by atoms with Crippen molar-refractivity contribution in [2.75, 3.05) is 12.8 Å². The Morgan fingerprint density at radius 2 is 2.06 bits per heavy atom. The largest absolute Gasteiger partial charge is 0.495 e. The van der Waals surface area contributed by atoms with Crippen LogP contribution >= 0.6 is 23.2 Å². The quantitative estimate of drug-likeness (QED) is 0.899. The fraction of sp³-hybridized carbons (Fsp3) is 0.100. The molecule has 0 amide bonds. The monoisotopic (exact) mass is 258 g/mol. The van der Waals surface area contributed by atoms with E-state index in [1.54, 1.807) is 18.2 Å². The van der Waals surface area contributed by atoms with Crippen molar-refractivity contribution in [3.05, 3.63) is 28.2 Å². The molecule has 0 aliphatic rings. The average molecular weight is 259 g/mol. The van der Waals surface area contributed by atoms with Crippen LogP contribution < -0.4 is 10.5 Å². The minimum atomic E-state index is 0.282. The van der Waals surface area contributed by atoms with E-state index >= 15 is 0 Å². The van der Waals surface area contributed by atoms with Gasteiger partial charge in [0.1, 0.15) is 5.75 Å². The molecule has 0 spiro atoms. The van der Waals surface area contributed by atoms with Gasteiger partial charge in [0.15, 0.2) is 11.6 Å². The van der Waals surface area contributed by atoms with E-state index in [4.69, 9.17) is 38.2 Å². The van der Waals surface area contributed by atoms with Crippen molar-refractivity contribution in [1.82, 2.24) is 5.16 Å². The Morgan fingerprint density at radius 3 is 2.62 bits per heavy atom. The van der Waals surface area contributed by atoms with E-state index in [1.165, 1.54) is 7.11 Å². The van der Waals surface area contributed by atoms with E-state index in [-0.39, 0.29) is 5.82 Å². The third kappa shape index (κ3) is 1.94. The van der Waals surface area contributed by atoms with Crippen LogP contribution in [0.1, 0.15) is 0 Å². The molecule has 0 radical (unpaired) electrons. The summed E-state index contributed by atoms with van der Waals surface area (Å²) < 4.78 is 10.1. The summed E-state index contributed by atoms with van der Waals surface area (Å²) in [5, 5.41) is 4.48. The Bertz CT molecular complexity index is 526. The van der Waals surface area contributed by atoms with Gasteiger partial charge in [0, 0.05) is 22.7 Å². The number of nitrogen functional groups attached to an aromatic ring is 1. The lowest BCUT2D eigenvalue weighted by atomic mass is 10.1. The molecule has 0 fully saturated rings. The van der Waals surface area contributed by atoms with Gasteiger partial charge in [-0.1, -0.05) is 28.4 Å². The van der Waals surface area contributed by atoms with Gasteiger partial charge in [-0.05, 0) is 6.07 Å². The molecular weight excluding hydrogens is 251 g/mol. The number of hydrogen-bond donors (Lipinski definition) is 1. The highest BCUT2D eigenvalue weighted by Gasteiger charge is 2.14. The number of methoxy groups -OCH3 is 1. The zero-order chi connectivity index (χ0) is 11.7. The second-order valence-corrected chi connectivity index (χ2v) is 3.90. The second-order valence-electron chi connectivity index (χ2n) is 3.09. The molecule has 0 saturated carbocycles. The molecule has 2 rings (SSSR count). The summed E-state index contributed by atoms with van der Waals surface area (Å²) in [4.78, 5) is 0. The summed E-state index contributed by atoms with van der Waals surface area (Å²) >= 11 is 12.0. The van der Waals surface area contributed by atoms with E-state index in [0.717, 1.165) is 0 Å². The molecule has 0 unspecified atom stereocenters. The number of aromatic nitrogens is 1. The Labute approximate surface area is 102 Å². The third-order valence-corrected chi connectivity index (χ3v) is 2.63. The first-order chi connectivity index (χ1) is 7.61. The van der Waals surface area contributed by atoms with Gasteiger partial charge in [-0.2, -0.15) is 0 Å². The summed E-state index contributed by atoms with van der Waals surface area (Å²) in [7, 11) is 1.51. The van der Waals surface area contributed by atoms with Gasteiger partial charge in [0.2, 0.25) is 0 Å². The molecule has 0 bridgehead atoms. The first-order valence-corrected chi connectivity index (χ1v) is 5.13. The third-order valence-electron chi connectivity index (χ3n) is 2.02. The van der Waals surface area contributed by atoms with E-state index in [0.29, 0.717) is 27.1 Å². The van der Waals surface area contributed by atoms with Crippen molar-refractivity contribution in [2.45, 2.75) is 0 Å². The number of anilines is 1. The zero-order valence-electron chi connectivity index (χ0n) is 8.33. The molecule has 16 heavy (non-hydrogen) atoms. The first-order valence-electron chi connectivity index (χ1n) is 4.37.